The van der Waals surface area contributed by atoms with Crippen LogP contribution in [0.15, 0.2) is 77.7 Å². The first kappa shape index (κ1) is 29.1. The number of hydrogen-bond donors (Lipinski definition) is 0. The van der Waals surface area contributed by atoms with Crippen molar-refractivity contribution in [3.8, 4) is 11.3 Å². The molecule has 3 heterocycles. The van der Waals surface area contributed by atoms with E-state index >= 15 is 0 Å². The highest BCUT2D eigenvalue weighted by Gasteiger charge is 2.36. The number of carbonyl (C=O) groups excluding carboxylic acids is 2. The fourth-order valence-corrected chi connectivity index (χ4v) is 6.73. The van der Waals surface area contributed by atoms with Crippen LogP contribution < -0.4 is 0 Å². The van der Waals surface area contributed by atoms with Crippen molar-refractivity contribution >= 4 is 33.0 Å². The molecule has 10 heteroatoms. The molecule has 0 spiro atoms. The summed E-state index contributed by atoms with van der Waals surface area (Å²) in [6, 6.07) is 20.9. The Balaban J connectivity index is 1.40. The van der Waals surface area contributed by atoms with Gasteiger partial charge >= 0.3 is 16.2 Å². The van der Waals surface area contributed by atoms with Gasteiger partial charge in [-0.3, -0.25) is 9.69 Å². The van der Waals surface area contributed by atoms with Gasteiger partial charge in [0, 0.05) is 17.5 Å². The van der Waals surface area contributed by atoms with Crippen molar-refractivity contribution < 1.29 is 27.0 Å². The number of benzene rings is 3. The molecule has 0 saturated carbocycles. The third kappa shape index (κ3) is 5.95. The summed E-state index contributed by atoms with van der Waals surface area (Å²) >= 11 is 0. The number of amides is 1. The quantitative estimate of drug-likeness (QED) is 0.254. The number of aromatic nitrogens is 1. The lowest BCUT2D eigenvalue weighted by molar-refractivity contribution is -0.0269. The molecule has 1 fully saturated rings. The molecule has 0 N–H and O–H groups in total. The molecule has 0 radical (unpaired) electrons. The van der Waals surface area contributed by atoms with Gasteiger partial charge in [0.25, 0.3) is 5.91 Å². The minimum atomic E-state index is -4.23. The van der Waals surface area contributed by atoms with E-state index in [4.69, 9.17) is 9.02 Å². The van der Waals surface area contributed by atoms with Crippen LogP contribution in [0.25, 0.3) is 22.2 Å². The molecule has 4 aromatic rings. The second kappa shape index (κ2) is 11.3. The van der Waals surface area contributed by atoms with Crippen LogP contribution in [0.4, 0.5) is 4.79 Å². The van der Waals surface area contributed by atoms with Gasteiger partial charge in [0.2, 0.25) is 0 Å². The number of hydrogen-bond acceptors (Lipinski definition) is 7. The van der Waals surface area contributed by atoms with Crippen LogP contribution in [-0.2, 0) is 32.2 Å². The first-order valence-corrected chi connectivity index (χ1v) is 15.9. The molecule has 1 amide bonds. The van der Waals surface area contributed by atoms with E-state index in [1.165, 1.54) is 36.0 Å². The summed E-state index contributed by atoms with van der Waals surface area (Å²) in [4.78, 5) is 29.8. The number of piperidine rings is 1. The van der Waals surface area contributed by atoms with Crippen LogP contribution in [0.2, 0.25) is 0 Å². The molecule has 43 heavy (non-hydrogen) atoms. The molecule has 2 aliphatic heterocycles. The monoisotopic (exact) mass is 601 g/mol. The Morgan fingerprint density at radius 2 is 1.65 bits per heavy atom. The number of hydroxylamine groups is 2. The van der Waals surface area contributed by atoms with Crippen LogP contribution >= 0.6 is 0 Å². The number of rotatable bonds is 6. The van der Waals surface area contributed by atoms with Gasteiger partial charge in [-0.1, -0.05) is 48.9 Å². The molecule has 0 bridgehead atoms. The molecule has 0 aliphatic carbocycles. The van der Waals surface area contributed by atoms with Crippen LogP contribution in [-0.4, -0.2) is 53.6 Å². The fraction of sp³-hybridized carbons (Fsp3) is 0.333. The first-order chi connectivity index (χ1) is 20.5. The van der Waals surface area contributed by atoms with Gasteiger partial charge in [0.15, 0.2) is 0 Å². The van der Waals surface area contributed by atoms with Crippen molar-refractivity contribution in [2.45, 2.75) is 63.6 Å². The molecule has 3 aromatic carbocycles. The van der Waals surface area contributed by atoms with E-state index in [1.807, 2.05) is 18.2 Å². The molecule has 224 valence electrons. The molecule has 0 atom stereocenters. The van der Waals surface area contributed by atoms with E-state index in [0.29, 0.717) is 22.3 Å². The van der Waals surface area contributed by atoms with Gasteiger partial charge in [-0.15, -0.1) is 4.28 Å². The van der Waals surface area contributed by atoms with Gasteiger partial charge in [-0.05, 0) is 88.2 Å². The SMILES string of the molecule is CC(C)(C)OC(=O)n1c(-c2cccc3c2C(=O)N(OS(=O)(=O)c2ccccc2)C3)cc2cc(CN3CCCCC3)ccc21. The van der Waals surface area contributed by atoms with Gasteiger partial charge in [-0.2, -0.15) is 13.5 Å². The van der Waals surface area contributed by atoms with Gasteiger partial charge in [0.05, 0.1) is 28.2 Å². The van der Waals surface area contributed by atoms with E-state index in [-0.39, 0.29) is 17.0 Å². The predicted octanol–water partition coefficient (Wildman–Crippen LogP) is 6.35. The summed E-state index contributed by atoms with van der Waals surface area (Å²) in [6.07, 6.45) is 3.09. The van der Waals surface area contributed by atoms with E-state index in [2.05, 4.69) is 11.0 Å². The largest absolute Gasteiger partial charge is 0.443 e. The molecular formula is C33H35N3O6S. The predicted molar refractivity (Wildman–Crippen MR) is 163 cm³/mol. The molecule has 1 aromatic heterocycles. The standard InChI is InChI=1S/C33H35N3O6S/c1-33(2,3)41-32(38)36-28-16-15-23(21-34-17-8-5-9-18-34)19-25(28)20-29(36)27-14-10-11-24-22-35(31(37)30(24)27)42-43(39,40)26-12-6-4-7-13-26/h4,6-7,10-16,19-20H,5,8-9,17-18,21-22H2,1-3H3. The van der Waals surface area contributed by atoms with Crippen molar-refractivity contribution in [2.24, 2.45) is 0 Å². The van der Waals surface area contributed by atoms with Crippen molar-refractivity contribution in [3.05, 3.63) is 89.5 Å². The lowest BCUT2D eigenvalue weighted by Gasteiger charge is -2.26. The van der Waals surface area contributed by atoms with E-state index in [9.17, 15) is 18.0 Å². The van der Waals surface area contributed by atoms with Gasteiger partial charge in [0.1, 0.15) is 5.60 Å². The minimum Gasteiger partial charge on any atom is -0.443 e. The summed E-state index contributed by atoms with van der Waals surface area (Å²) < 4.78 is 38.5. The van der Waals surface area contributed by atoms with Gasteiger partial charge in [-0.25, -0.2) is 9.36 Å². The smallest absolute Gasteiger partial charge is 0.419 e. The lowest BCUT2D eigenvalue weighted by atomic mass is 10.0. The number of fused-ring (bicyclic) bond motifs is 2. The molecule has 0 unspecified atom stereocenters. The second-order valence-electron chi connectivity index (χ2n) is 12.1. The third-order valence-electron chi connectivity index (χ3n) is 7.70. The fourth-order valence-electron chi connectivity index (χ4n) is 5.80. The Morgan fingerprint density at radius 3 is 2.37 bits per heavy atom. The Bertz CT molecular complexity index is 1800. The maximum Gasteiger partial charge on any atom is 0.419 e. The number of likely N-dealkylation sites (tertiary alicyclic amines) is 1. The van der Waals surface area contributed by atoms with Crippen molar-refractivity contribution in [3.63, 3.8) is 0 Å². The highest BCUT2D eigenvalue weighted by atomic mass is 32.2. The Morgan fingerprint density at radius 1 is 0.907 bits per heavy atom. The second-order valence-corrected chi connectivity index (χ2v) is 13.6. The zero-order chi connectivity index (χ0) is 30.4. The zero-order valence-corrected chi connectivity index (χ0v) is 25.4. The van der Waals surface area contributed by atoms with E-state index in [0.717, 1.165) is 35.6 Å². The summed E-state index contributed by atoms with van der Waals surface area (Å²) in [6.45, 7) is 8.32. The number of ether oxygens (including phenoxy) is 1. The molecule has 1 saturated heterocycles. The Labute approximate surface area is 251 Å². The third-order valence-corrected chi connectivity index (χ3v) is 8.92. The average Bonchev–Trinajstić information content (AvgIpc) is 3.50. The Hall–Kier alpha value is -3.99. The first-order valence-electron chi connectivity index (χ1n) is 14.5. The van der Waals surface area contributed by atoms with E-state index < -0.39 is 27.7 Å². The van der Waals surface area contributed by atoms with Crippen molar-refractivity contribution in [2.75, 3.05) is 13.1 Å². The highest BCUT2D eigenvalue weighted by molar-refractivity contribution is 7.86. The highest BCUT2D eigenvalue weighted by Crippen LogP contribution is 2.37. The van der Waals surface area contributed by atoms with Gasteiger partial charge < -0.3 is 4.74 Å². The van der Waals surface area contributed by atoms with Crippen LogP contribution in [0.5, 0.6) is 0 Å². The maximum absolute atomic E-state index is 13.7. The normalized spacial score (nSPS) is 16.1. The van der Waals surface area contributed by atoms with Crippen LogP contribution in [0, 0.1) is 0 Å². The molecule has 2 aliphatic rings. The van der Waals surface area contributed by atoms with E-state index in [1.54, 1.807) is 57.2 Å². The van der Waals surface area contributed by atoms with Crippen LogP contribution in [0.3, 0.4) is 0 Å². The lowest BCUT2D eigenvalue weighted by Crippen LogP contribution is -2.29. The van der Waals surface area contributed by atoms with Crippen molar-refractivity contribution in [1.82, 2.24) is 14.5 Å². The Kier molecular flexibility index (Phi) is 7.62. The summed E-state index contributed by atoms with van der Waals surface area (Å²) in [7, 11) is -4.23. The summed E-state index contributed by atoms with van der Waals surface area (Å²) in [5.74, 6) is -0.600. The number of carbonyl (C=O) groups is 2. The summed E-state index contributed by atoms with van der Waals surface area (Å²) in [5.41, 5.74) is 2.91. The van der Waals surface area contributed by atoms with Crippen molar-refractivity contribution in [1.29, 1.82) is 0 Å². The minimum absolute atomic E-state index is 0.0515. The maximum atomic E-state index is 13.7. The topological polar surface area (TPSA) is 98.1 Å². The molecule has 6 rings (SSSR count). The zero-order valence-electron chi connectivity index (χ0n) is 24.6. The van der Waals surface area contributed by atoms with Crippen LogP contribution in [0.1, 0.15) is 61.5 Å². The number of nitrogens with zero attached hydrogens (tertiary/aromatic N) is 3. The summed E-state index contributed by atoms with van der Waals surface area (Å²) in [5, 5.41) is 1.70. The molecular weight excluding hydrogens is 566 g/mol. The molecule has 9 nitrogen and oxygen atoms in total. The average molecular weight is 602 g/mol.